The van der Waals surface area contributed by atoms with E-state index < -0.39 is 36.4 Å². The van der Waals surface area contributed by atoms with Gasteiger partial charge in [-0.05, 0) is 92.2 Å². The summed E-state index contributed by atoms with van der Waals surface area (Å²) in [6.07, 6.45) is 7.19. The predicted octanol–water partition coefficient (Wildman–Crippen LogP) is 6.45. The van der Waals surface area contributed by atoms with E-state index >= 15 is 0 Å². The van der Waals surface area contributed by atoms with Gasteiger partial charge < -0.3 is 59.8 Å². The van der Waals surface area contributed by atoms with Crippen molar-refractivity contribution in [2.24, 2.45) is 17.8 Å². The van der Waals surface area contributed by atoms with E-state index in [0.717, 1.165) is 19.3 Å². The van der Waals surface area contributed by atoms with E-state index in [1.165, 1.54) is 21.3 Å². The predicted molar refractivity (Wildman–Crippen MR) is 295 cm³/mol. The highest BCUT2D eigenvalue weighted by Gasteiger charge is 2.40. The average molecular weight is 1140 g/mol. The number of aromatic nitrogens is 6. The Bertz CT molecular complexity index is 2640. The molecule has 3 aliphatic rings. The lowest BCUT2D eigenvalue weighted by atomic mass is 10.0. The lowest BCUT2D eigenvalue weighted by Crippen LogP contribution is -2.51. The first-order valence-corrected chi connectivity index (χ1v) is 25.3. The van der Waals surface area contributed by atoms with Crippen molar-refractivity contribution in [1.29, 1.82) is 0 Å². The van der Waals surface area contributed by atoms with E-state index in [4.69, 9.17) is 14.2 Å². The second-order valence-corrected chi connectivity index (χ2v) is 19.7. The molecule has 420 valence electrons. The zero-order valence-corrected chi connectivity index (χ0v) is 47.6. The van der Waals surface area contributed by atoms with Gasteiger partial charge in [0.25, 0.3) is 0 Å². The number of nitrogens with one attached hydrogen (secondary N) is 6. The van der Waals surface area contributed by atoms with Crippen molar-refractivity contribution >= 4 is 73.2 Å². The average Bonchev–Trinajstić information content (AvgIpc) is 4.26. The van der Waals surface area contributed by atoms with Crippen molar-refractivity contribution in [3.63, 3.8) is 0 Å². The molecule has 24 heteroatoms. The van der Waals surface area contributed by atoms with Gasteiger partial charge in [-0.15, -0.1) is 37.2 Å². The second kappa shape index (κ2) is 28.8. The number of H-pyrrole nitrogens is 3. The minimum atomic E-state index is -0.770. The van der Waals surface area contributed by atoms with Gasteiger partial charge in [0.2, 0.25) is 17.7 Å². The molecule has 6 N–H and O–H groups in total. The number of nitrogens with zero attached hydrogens (tertiary/aromatic N) is 6. The van der Waals surface area contributed by atoms with Gasteiger partial charge in [-0.3, -0.25) is 14.4 Å². The summed E-state index contributed by atoms with van der Waals surface area (Å²) in [5, 5.41) is 8.03. The molecule has 3 aromatic heterocycles. The first-order valence-electron chi connectivity index (χ1n) is 25.3. The molecule has 78 heavy (non-hydrogen) atoms. The highest BCUT2D eigenvalue weighted by atomic mass is 35.5. The lowest BCUT2D eigenvalue weighted by molar-refractivity contribution is -0.136. The molecule has 6 heterocycles. The molecule has 7 rings (SSSR count). The zero-order chi connectivity index (χ0) is 53.9. The van der Waals surface area contributed by atoms with Crippen LogP contribution in [0.4, 0.5) is 14.4 Å². The molecule has 3 saturated heterocycles. The number of hydrogen-bond donors (Lipinski definition) is 6. The lowest BCUT2D eigenvalue weighted by Gasteiger charge is -2.29. The van der Waals surface area contributed by atoms with Gasteiger partial charge in [0.05, 0.1) is 58.0 Å². The summed E-state index contributed by atoms with van der Waals surface area (Å²) in [4.78, 5) is 107. The zero-order valence-electron chi connectivity index (χ0n) is 45.1. The maximum Gasteiger partial charge on any atom is 0.407 e. The second-order valence-electron chi connectivity index (χ2n) is 19.7. The van der Waals surface area contributed by atoms with Gasteiger partial charge >= 0.3 is 18.3 Å². The van der Waals surface area contributed by atoms with Crippen molar-refractivity contribution in [3.05, 3.63) is 88.0 Å². The summed E-state index contributed by atoms with van der Waals surface area (Å²) >= 11 is 0. The number of imidazole rings is 3. The van der Waals surface area contributed by atoms with Crippen LogP contribution >= 0.6 is 37.2 Å². The Morgan fingerprint density at radius 2 is 0.731 bits per heavy atom. The summed E-state index contributed by atoms with van der Waals surface area (Å²) in [5.74, 6) is 19.8. The number of benzene rings is 1. The van der Waals surface area contributed by atoms with Gasteiger partial charge in [0.15, 0.2) is 0 Å². The smallest absolute Gasteiger partial charge is 0.407 e. The van der Waals surface area contributed by atoms with Crippen LogP contribution in [0.5, 0.6) is 0 Å². The molecular formula is C54H69Cl3N12O9. The molecule has 21 nitrogen and oxygen atoms in total. The fourth-order valence-corrected chi connectivity index (χ4v) is 9.55. The Balaban J connectivity index is 0.00000437. The Hall–Kier alpha value is -7.38. The SMILES string of the molecule is COC(=O)N[C@H](C(=O)N1CCC[C@H]1c1ncc(C#Cc2cc(C#Cc3cnc([C@@H]4CCCN4C(=O)[C@@H](NC(=O)OC)C(C)C)[nH]3)cc(C#Cc3cnc([C@@H]4CCCN4C(=O)[C@@H](NC(=O)OC)C(C)C)[nH]3)c2)[nH]1)C(C)C.Cl.Cl.Cl. The molecule has 6 atom stereocenters. The third kappa shape index (κ3) is 15.4. The quantitative estimate of drug-likeness (QED) is 0.0661. The summed E-state index contributed by atoms with van der Waals surface area (Å²) in [6, 6.07) is 2.21. The van der Waals surface area contributed by atoms with Crippen LogP contribution in [0.25, 0.3) is 0 Å². The van der Waals surface area contributed by atoms with Crippen LogP contribution in [0.1, 0.15) is 149 Å². The fourth-order valence-electron chi connectivity index (χ4n) is 9.55. The van der Waals surface area contributed by atoms with E-state index in [-0.39, 0.29) is 90.8 Å². The molecular weight excluding hydrogens is 1070 g/mol. The Kier molecular flexibility index (Phi) is 23.3. The Morgan fingerprint density at radius 1 is 0.474 bits per heavy atom. The number of carbonyl (C=O) groups excluding carboxylic acids is 6. The highest BCUT2D eigenvalue weighted by molar-refractivity contribution is 5.88. The van der Waals surface area contributed by atoms with Crippen molar-refractivity contribution in [3.8, 4) is 35.5 Å². The number of carbonyl (C=O) groups is 6. The van der Waals surface area contributed by atoms with Gasteiger partial charge in [0, 0.05) is 36.3 Å². The van der Waals surface area contributed by atoms with Crippen LogP contribution in [0, 0.1) is 53.3 Å². The standard InChI is InChI=1S/C54H66N12O9.3ClH/c1-31(2)43(61-52(70)73-7)49(67)64-22-10-13-40(64)46-55-28-37(58-46)19-16-34-25-35(17-20-38-29-56-47(59-38)41-14-11-23-65(41)50(68)44(32(3)4)62-53(71)74-8)27-36(26-34)18-21-39-30-57-48(60-39)42-15-12-24-66(42)51(69)45(33(5)6)63-54(72)75-9;;;/h25-33,40-45H,10-15,22-24H2,1-9H3,(H,55,58)(H,56,59)(H,57,60)(H,61,70)(H,62,71)(H,63,72);3*1H/t40-,41-,42-,43-,44-,45-;;;/m0.../s1. The molecule has 0 saturated carbocycles. The van der Waals surface area contributed by atoms with E-state index in [9.17, 15) is 28.8 Å². The number of methoxy groups -OCH3 is 3. The Morgan fingerprint density at radius 3 is 0.962 bits per heavy atom. The first kappa shape index (κ1) is 63.2. The minimum absolute atomic E-state index is 0. The van der Waals surface area contributed by atoms with Crippen molar-refractivity contribution in [2.75, 3.05) is 41.0 Å². The number of alkyl carbamates (subject to hydrolysis) is 3. The van der Waals surface area contributed by atoms with Gasteiger partial charge in [-0.25, -0.2) is 29.3 Å². The van der Waals surface area contributed by atoms with Crippen molar-refractivity contribution < 1.29 is 43.0 Å². The van der Waals surface area contributed by atoms with E-state index in [1.807, 2.05) is 59.7 Å². The molecule has 1 aromatic carbocycles. The van der Waals surface area contributed by atoms with Gasteiger partial charge in [-0.2, -0.15) is 0 Å². The van der Waals surface area contributed by atoms with Gasteiger partial charge in [0.1, 0.15) is 52.7 Å². The van der Waals surface area contributed by atoms with Crippen LogP contribution in [-0.2, 0) is 28.6 Å². The van der Waals surface area contributed by atoms with Crippen LogP contribution in [0.2, 0.25) is 0 Å². The summed E-state index contributed by atoms with van der Waals surface area (Å²) in [5.41, 5.74) is 3.38. The van der Waals surface area contributed by atoms with Crippen LogP contribution in [0.3, 0.4) is 0 Å². The topological polar surface area (TPSA) is 262 Å². The first-order chi connectivity index (χ1) is 36.0. The molecule has 0 radical (unpaired) electrons. The van der Waals surface area contributed by atoms with Crippen molar-refractivity contribution in [2.45, 2.75) is 116 Å². The third-order valence-corrected chi connectivity index (χ3v) is 13.5. The molecule has 4 aromatic rings. The summed E-state index contributed by atoms with van der Waals surface area (Å²) in [7, 11) is 3.78. The summed E-state index contributed by atoms with van der Waals surface area (Å²) < 4.78 is 14.3. The molecule has 3 fully saturated rings. The molecule has 0 spiro atoms. The van der Waals surface area contributed by atoms with Crippen molar-refractivity contribution in [1.82, 2.24) is 60.6 Å². The molecule has 0 aliphatic carbocycles. The monoisotopic (exact) mass is 1130 g/mol. The molecule has 0 bridgehead atoms. The third-order valence-electron chi connectivity index (χ3n) is 13.5. The number of hydrogen-bond acceptors (Lipinski definition) is 12. The van der Waals surface area contributed by atoms with E-state index in [1.54, 1.807) is 33.3 Å². The number of aromatic amines is 3. The van der Waals surface area contributed by atoms with Crippen LogP contribution in [0.15, 0.2) is 36.8 Å². The summed E-state index contributed by atoms with van der Waals surface area (Å²) in [6.45, 7) is 12.7. The maximum atomic E-state index is 13.7. The number of halogens is 3. The van der Waals surface area contributed by atoms with Crippen LogP contribution in [-0.4, -0.2) is 140 Å². The normalized spacial score (nSPS) is 17.5. The van der Waals surface area contributed by atoms with E-state index in [2.05, 4.69) is 81.4 Å². The number of rotatable bonds is 12. The van der Waals surface area contributed by atoms with Crippen LogP contribution < -0.4 is 16.0 Å². The van der Waals surface area contributed by atoms with Gasteiger partial charge in [-0.1, -0.05) is 59.3 Å². The number of amides is 6. The minimum Gasteiger partial charge on any atom is -0.453 e. The Labute approximate surface area is 473 Å². The molecule has 6 amide bonds. The number of likely N-dealkylation sites (tertiary alicyclic amines) is 3. The van der Waals surface area contributed by atoms with E-state index in [0.29, 0.717) is 90.1 Å². The highest BCUT2D eigenvalue weighted by Crippen LogP contribution is 2.34. The largest absolute Gasteiger partial charge is 0.453 e. The fraction of sp³-hybridized carbons (Fsp3) is 0.500. The maximum absolute atomic E-state index is 13.7. The molecule has 0 unspecified atom stereocenters. The molecule has 3 aliphatic heterocycles. The number of ether oxygens (including phenoxy) is 3.